The minimum atomic E-state index is -0.261. The first-order chi connectivity index (χ1) is 9.19. The van der Waals surface area contributed by atoms with Crippen molar-refractivity contribution in [2.24, 2.45) is 0 Å². The molecule has 0 aliphatic carbocycles. The summed E-state index contributed by atoms with van der Waals surface area (Å²) in [5.41, 5.74) is 0.410. The Balaban J connectivity index is 1.90. The van der Waals surface area contributed by atoms with Crippen molar-refractivity contribution in [3.8, 4) is 0 Å². The van der Waals surface area contributed by atoms with Gasteiger partial charge in [0.2, 0.25) is 5.13 Å². The lowest BCUT2D eigenvalue weighted by molar-refractivity contribution is 0.102. The Labute approximate surface area is 120 Å². The van der Waals surface area contributed by atoms with E-state index < -0.39 is 0 Å². The normalized spacial score (nSPS) is 10.6. The number of nitrogens with one attached hydrogen (secondary N) is 2. The van der Waals surface area contributed by atoms with Crippen molar-refractivity contribution in [2.75, 3.05) is 5.32 Å². The first-order valence-electron chi connectivity index (χ1n) is 6.16. The molecule has 2 heterocycles. The van der Waals surface area contributed by atoms with Crippen molar-refractivity contribution in [3.63, 3.8) is 0 Å². The number of rotatable bonds is 6. The molecule has 19 heavy (non-hydrogen) atoms. The van der Waals surface area contributed by atoms with Gasteiger partial charge in [0.1, 0.15) is 10.7 Å². The van der Waals surface area contributed by atoms with Crippen LogP contribution >= 0.6 is 22.9 Å². The Morgan fingerprint density at radius 1 is 1.47 bits per heavy atom. The summed E-state index contributed by atoms with van der Waals surface area (Å²) in [6, 6.07) is 1.57. The van der Waals surface area contributed by atoms with Gasteiger partial charge in [-0.3, -0.25) is 10.1 Å². The van der Waals surface area contributed by atoms with Gasteiger partial charge in [-0.25, -0.2) is 0 Å². The number of aromatic nitrogens is 3. The average Bonchev–Trinajstić information content (AvgIpc) is 2.99. The lowest BCUT2D eigenvalue weighted by atomic mass is 10.2. The molecule has 0 aromatic carbocycles. The molecule has 1 amide bonds. The van der Waals surface area contributed by atoms with Crippen molar-refractivity contribution < 1.29 is 4.79 Å². The summed E-state index contributed by atoms with van der Waals surface area (Å²) in [5, 5.41) is 12.7. The molecule has 0 aliphatic rings. The van der Waals surface area contributed by atoms with Crippen molar-refractivity contribution in [3.05, 3.63) is 28.0 Å². The molecule has 0 spiro atoms. The number of anilines is 1. The van der Waals surface area contributed by atoms with Gasteiger partial charge in [-0.2, -0.15) is 0 Å². The number of hydrogen-bond acceptors (Lipinski definition) is 4. The minimum absolute atomic E-state index is 0.261. The molecule has 7 heteroatoms. The van der Waals surface area contributed by atoms with E-state index >= 15 is 0 Å². The van der Waals surface area contributed by atoms with Crippen LogP contribution < -0.4 is 5.32 Å². The second-order valence-corrected chi connectivity index (χ2v) is 5.64. The highest BCUT2D eigenvalue weighted by Crippen LogP contribution is 2.18. The van der Waals surface area contributed by atoms with Crippen molar-refractivity contribution in [1.82, 2.24) is 15.2 Å². The SMILES string of the molecule is CCCCCc1nnc(NC(=O)c2cc(Cl)c[nH]2)s1. The monoisotopic (exact) mass is 298 g/mol. The van der Waals surface area contributed by atoms with Gasteiger partial charge in [-0.05, 0) is 12.5 Å². The number of halogens is 1. The second kappa shape index (κ2) is 6.68. The molecule has 0 saturated carbocycles. The summed E-state index contributed by atoms with van der Waals surface area (Å²) in [7, 11) is 0. The van der Waals surface area contributed by atoms with Gasteiger partial charge >= 0.3 is 0 Å². The minimum Gasteiger partial charge on any atom is -0.356 e. The number of H-pyrrole nitrogens is 1. The highest BCUT2D eigenvalue weighted by atomic mass is 35.5. The summed E-state index contributed by atoms with van der Waals surface area (Å²) in [4.78, 5) is 14.6. The zero-order chi connectivity index (χ0) is 13.7. The van der Waals surface area contributed by atoms with Gasteiger partial charge in [0, 0.05) is 12.6 Å². The molecule has 2 aromatic rings. The maximum atomic E-state index is 11.8. The fourth-order valence-electron chi connectivity index (χ4n) is 1.59. The summed E-state index contributed by atoms with van der Waals surface area (Å²) in [5.74, 6) is -0.261. The van der Waals surface area contributed by atoms with Crippen LogP contribution in [-0.2, 0) is 6.42 Å². The number of carbonyl (C=O) groups is 1. The largest absolute Gasteiger partial charge is 0.356 e. The Morgan fingerprint density at radius 2 is 2.32 bits per heavy atom. The van der Waals surface area contributed by atoms with Crippen LogP contribution in [0.1, 0.15) is 41.7 Å². The third kappa shape index (κ3) is 4.04. The van der Waals surface area contributed by atoms with E-state index in [1.165, 1.54) is 24.2 Å². The fraction of sp³-hybridized carbons (Fsp3) is 0.417. The van der Waals surface area contributed by atoms with E-state index in [1.54, 1.807) is 12.3 Å². The number of unbranched alkanes of at least 4 members (excludes halogenated alkanes) is 2. The topological polar surface area (TPSA) is 70.7 Å². The molecule has 2 rings (SSSR count). The van der Waals surface area contributed by atoms with Gasteiger partial charge in [-0.1, -0.05) is 42.7 Å². The van der Waals surface area contributed by atoms with Gasteiger partial charge in [0.15, 0.2) is 0 Å². The molecule has 0 fully saturated rings. The van der Waals surface area contributed by atoms with E-state index in [2.05, 4.69) is 27.4 Å². The number of hydrogen-bond donors (Lipinski definition) is 2. The highest BCUT2D eigenvalue weighted by Gasteiger charge is 2.11. The van der Waals surface area contributed by atoms with Crippen molar-refractivity contribution in [1.29, 1.82) is 0 Å². The van der Waals surface area contributed by atoms with Crippen LogP contribution in [0.4, 0.5) is 5.13 Å². The Hall–Kier alpha value is -1.40. The van der Waals surface area contributed by atoms with E-state index in [0.29, 0.717) is 15.8 Å². The average molecular weight is 299 g/mol. The van der Waals surface area contributed by atoms with Gasteiger partial charge in [0.05, 0.1) is 5.02 Å². The summed E-state index contributed by atoms with van der Waals surface area (Å²) < 4.78 is 0. The zero-order valence-corrected chi connectivity index (χ0v) is 12.1. The number of aryl methyl sites for hydroxylation is 1. The Morgan fingerprint density at radius 3 is 3.00 bits per heavy atom. The van der Waals surface area contributed by atoms with E-state index in [-0.39, 0.29) is 5.91 Å². The smallest absolute Gasteiger partial charge is 0.273 e. The molecule has 5 nitrogen and oxygen atoms in total. The number of nitrogens with zero attached hydrogens (tertiary/aromatic N) is 2. The van der Waals surface area contributed by atoms with Crippen molar-refractivity contribution in [2.45, 2.75) is 32.6 Å². The van der Waals surface area contributed by atoms with E-state index in [4.69, 9.17) is 11.6 Å². The maximum Gasteiger partial charge on any atom is 0.273 e. The molecule has 0 bridgehead atoms. The van der Waals surface area contributed by atoms with Crippen LogP contribution in [0.3, 0.4) is 0 Å². The number of amides is 1. The van der Waals surface area contributed by atoms with E-state index in [0.717, 1.165) is 17.8 Å². The molecule has 0 aliphatic heterocycles. The predicted octanol–water partition coefficient (Wildman–Crippen LogP) is 3.50. The third-order valence-corrected chi connectivity index (χ3v) is 3.69. The van der Waals surface area contributed by atoms with Crippen LogP contribution in [-0.4, -0.2) is 21.1 Å². The lowest BCUT2D eigenvalue weighted by Crippen LogP contribution is -2.11. The van der Waals surface area contributed by atoms with Crippen LogP contribution in [0.2, 0.25) is 5.02 Å². The molecular formula is C12H15ClN4OS. The Bertz CT molecular complexity index is 551. The fourth-order valence-corrected chi connectivity index (χ4v) is 2.54. The predicted molar refractivity (Wildman–Crippen MR) is 76.9 cm³/mol. The molecule has 0 atom stereocenters. The molecule has 2 N–H and O–H groups in total. The number of carbonyl (C=O) groups excluding carboxylic acids is 1. The molecule has 102 valence electrons. The van der Waals surface area contributed by atoms with Gasteiger partial charge in [-0.15, -0.1) is 10.2 Å². The maximum absolute atomic E-state index is 11.8. The summed E-state index contributed by atoms with van der Waals surface area (Å²) in [6.07, 6.45) is 5.94. The Kier molecular flexibility index (Phi) is 4.93. The molecular weight excluding hydrogens is 284 g/mol. The quantitative estimate of drug-likeness (QED) is 0.802. The van der Waals surface area contributed by atoms with E-state index in [9.17, 15) is 4.79 Å². The first kappa shape index (κ1) is 14.0. The zero-order valence-electron chi connectivity index (χ0n) is 10.6. The molecule has 2 aromatic heterocycles. The molecule has 0 unspecified atom stereocenters. The summed E-state index contributed by atoms with van der Waals surface area (Å²) in [6.45, 7) is 2.16. The highest BCUT2D eigenvalue weighted by molar-refractivity contribution is 7.15. The standard InChI is InChI=1S/C12H15ClN4OS/c1-2-3-4-5-10-16-17-12(19-10)15-11(18)9-6-8(13)7-14-9/h6-7,14H,2-5H2,1H3,(H,15,17,18). The first-order valence-corrected chi connectivity index (χ1v) is 7.36. The molecule has 0 radical (unpaired) electrons. The van der Waals surface area contributed by atoms with Gasteiger partial charge < -0.3 is 4.98 Å². The van der Waals surface area contributed by atoms with Gasteiger partial charge in [0.25, 0.3) is 5.91 Å². The van der Waals surface area contributed by atoms with E-state index in [1.807, 2.05) is 0 Å². The molecule has 0 saturated heterocycles. The lowest BCUT2D eigenvalue weighted by Gasteiger charge is -1.97. The van der Waals surface area contributed by atoms with Crippen LogP contribution in [0.5, 0.6) is 0 Å². The second-order valence-electron chi connectivity index (χ2n) is 4.14. The summed E-state index contributed by atoms with van der Waals surface area (Å²) >= 11 is 7.16. The van der Waals surface area contributed by atoms with Crippen LogP contribution in [0.15, 0.2) is 12.3 Å². The third-order valence-electron chi connectivity index (χ3n) is 2.57. The van der Waals surface area contributed by atoms with Crippen molar-refractivity contribution >= 4 is 34.0 Å². The van der Waals surface area contributed by atoms with Crippen LogP contribution in [0.25, 0.3) is 0 Å². The van der Waals surface area contributed by atoms with Crippen LogP contribution in [0, 0.1) is 0 Å². The number of aromatic amines is 1.